The van der Waals surface area contributed by atoms with Crippen molar-refractivity contribution in [1.29, 1.82) is 0 Å². The minimum Gasteiger partial charge on any atom is -0.476 e. The highest BCUT2D eigenvalue weighted by Gasteiger charge is 2.35. The second-order valence-corrected chi connectivity index (χ2v) is 8.15. The number of para-hydroxylation sites is 1. The highest BCUT2D eigenvalue weighted by molar-refractivity contribution is 7.92. The molecule has 1 atom stereocenters. The molecule has 0 aliphatic carbocycles. The van der Waals surface area contributed by atoms with Crippen LogP contribution in [0.2, 0.25) is 5.02 Å². The van der Waals surface area contributed by atoms with Gasteiger partial charge in [-0.05, 0) is 36.8 Å². The Morgan fingerprint density at radius 1 is 1.28 bits per heavy atom. The van der Waals surface area contributed by atoms with Crippen LogP contribution in [0.25, 0.3) is 0 Å². The molecule has 0 saturated carbocycles. The first-order valence-electron chi connectivity index (χ1n) is 7.56. The van der Waals surface area contributed by atoms with Crippen LogP contribution >= 0.6 is 11.6 Å². The second kappa shape index (κ2) is 6.57. The molecule has 0 saturated heterocycles. The zero-order valence-electron chi connectivity index (χ0n) is 13.7. The Hall–Kier alpha value is -2.25. The van der Waals surface area contributed by atoms with Crippen LogP contribution < -0.4 is 14.4 Å². The van der Waals surface area contributed by atoms with Crippen molar-refractivity contribution >= 4 is 38.9 Å². The number of amides is 1. The van der Waals surface area contributed by atoms with Gasteiger partial charge in [0.05, 0.1) is 29.2 Å². The second-order valence-electron chi connectivity index (χ2n) is 5.84. The van der Waals surface area contributed by atoms with Crippen molar-refractivity contribution in [2.75, 3.05) is 22.4 Å². The number of carbonyl (C=O) groups excluding carboxylic acids is 1. The summed E-state index contributed by atoms with van der Waals surface area (Å²) >= 11 is 6.05. The van der Waals surface area contributed by atoms with Gasteiger partial charge < -0.3 is 10.1 Å². The summed E-state index contributed by atoms with van der Waals surface area (Å²) in [6, 6.07) is 12.0. The van der Waals surface area contributed by atoms with Crippen molar-refractivity contribution in [3.63, 3.8) is 0 Å². The van der Waals surface area contributed by atoms with Crippen molar-refractivity contribution in [2.45, 2.75) is 13.0 Å². The maximum Gasteiger partial charge on any atom is 0.267 e. The van der Waals surface area contributed by atoms with Crippen molar-refractivity contribution < 1.29 is 17.9 Å². The van der Waals surface area contributed by atoms with Crippen LogP contribution in [0, 0.1) is 6.92 Å². The highest BCUT2D eigenvalue weighted by Crippen LogP contribution is 2.36. The minimum atomic E-state index is -3.56. The molecule has 1 aliphatic heterocycles. The fourth-order valence-corrected chi connectivity index (χ4v) is 3.68. The van der Waals surface area contributed by atoms with Gasteiger partial charge in [-0.15, -0.1) is 0 Å². The molecule has 8 heteroatoms. The molecule has 1 aliphatic rings. The molecule has 2 aromatic rings. The van der Waals surface area contributed by atoms with Gasteiger partial charge in [0.15, 0.2) is 6.10 Å². The van der Waals surface area contributed by atoms with E-state index in [4.69, 9.17) is 16.3 Å². The summed E-state index contributed by atoms with van der Waals surface area (Å²) in [5, 5.41) is 3.07. The summed E-state index contributed by atoms with van der Waals surface area (Å²) < 4.78 is 31.2. The number of ether oxygens (including phenoxy) is 1. The Balaban J connectivity index is 1.90. The molecule has 0 bridgehead atoms. The van der Waals surface area contributed by atoms with Gasteiger partial charge in [-0.2, -0.15) is 0 Å². The minimum absolute atomic E-state index is 0.106. The zero-order chi connectivity index (χ0) is 18.2. The molecular formula is C17H17ClN2O4S. The molecule has 1 N–H and O–H groups in total. The monoisotopic (exact) mass is 380 g/mol. The number of benzene rings is 2. The van der Waals surface area contributed by atoms with Crippen LogP contribution in [-0.4, -0.2) is 33.2 Å². The molecule has 0 fully saturated rings. The normalized spacial score (nSPS) is 16.8. The molecule has 0 spiro atoms. The summed E-state index contributed by atoms with van der Waals surface area (Å²) in [6.45, 7) is 1.75. The summed E-state index contributed by atoms with van der Waals surface area (Å²) in [5.41, 5.74) is 1.78. The third-order valence-electron chi connectivity index (χ3n) is 3.81. The fourth-order valence-electron chi connectivity index (χ4n) is 2.59. The number of sulfonamides is 1. The molecular weight excluding hydrogens is 364 g/mol. The Labute approximate surface area is 151 Å². The van der Waals surface area contributed by atoms with Crippen molar-refractivity contribution in [1.82, 2.24) is 0 Å². The highest BCUT2D eigenvalue weighted by atomic mass is 35.5. The summed E-state index contributed by atoms with van der Waals surface area (Å²) in [5.74, 6) is -0.116. The first kappa shape index (κ1) is 17.6. The molecule has 1 amide bonds. The van der Waals surface area contributed by atoms with Crippen LogP contribution in [0.4, 0.5) is 11.4 Å². The predicted octanol–water partition coefficient (Wildman–Crippen LogP) is 2.81. The molecule has 0 radical (unpaired) electrons. The number of aryl methyl sites for hydroxylation is 1. The van der Waals surface area contributed by atoms with Crippen molar-refractivity contribution in [2.24, 2.45) is 0 Å². The lowest BCUT2D eigenvalue weighted by atomic mass is 10.1. The number of hydrogen-bond acceptors (Lipinski definition) is 4. The Kier molecular flexibility index (Phi) is 4.62. The first-order chi connectivity index (χ1) is 11.8. The van der Waals surface area contributed by atoms with Gasteiger partial charge in [-0.1, -0.05) is 29.8 Å². The van der Waals surface area contributed by atoms with Gasteiger partial charge >= 0.3 is 0 Å². The molecule has 1 heterocycles. The van der Waals surface area contributed by atoms with E-state index in [0.717, 1.165) is 11.8 Å². The molecule has 0 unspecified atom stereocenters. The third-order valence-corrected chi connectivity index (χ3v) is 5.28. The van der Waals surface area contributed by atoms with Crippen LogP contribution in [0.1, 0.15) is 5.56 Å². The molecule has 0 aromatic heterocycles. The topological polar surface area (TPSA) is 75.7 Å². The number of hydrogen-bond donors (Lipinski definition) is 1. The SMILES string of the molecule is Cc1ccc2c(c1)N(S(C)(=O)=O)C[C@H](C(=O)Nc1ccccc1Cl)O2. The lowest BCUT2D eigenvalue weighted by Gasteiger charge is -2.34. The number of anilines is 2. The quantitative estimate of drug-likeness (QED) is 0.888. The Morgan fingerprint density at radius 3 is 2.68 bits per heavy atom. The maximum absolute atomic E-state index is 12.6. The largest absolute Gasteiger partial charge is 0.476 e. The average molecular weight is 381 g/mol. The lowest BCUT2D eigenvalue weighted by Crippen LogP contribution is -2.48. The van der Waals surface area contributed by atoms with Crippen molar-refractivity contribution in [3.8, 4) is 5.75 Å². The number of rotatable bonds is 3. The van der Waals surface area contributed by atoms with Gasteiger partial charge in [-0.3, -0.25) is 9.10 Å². The molecule has 2 aromatic carbocycles. The smallest absolute Gasteiger partial charge is 0.267 e. The van der Waals surface area contributed by atoms with Crippen molar-refractivity contribution in [3.05, 3.63) is 53.1 Å². The molecule has 132 valence electrons. The van der Waals surface area contributed by atoms with Gasteiger partial charge in [0, 0.05) is 0 Å². The van der Waals surface area contributed by atoms with Gasteiger partial charge in [-0.25, -0.2) is 8.42 Å². The van der Waals surface area contributed by atoms with E-state index in [9.17, 15) is 13.2 Å². The van der Waals surface area contributed by atoms with E-state index in [1.165, 1.54) is 4.31 Å². The first-order valence-corrected chi connectivity index (χ1v) is 9.79. The number of halogens is 1. The maximum atomic E-state index is 12.6. The standard InChI is InChI=1S/C17H17ClN2O4S/c1-11-7-8-15-14(9-11)20(25(2,22)23)10-16(24-15)17(21)19-13-6-4-3-5-12(13)18/h3-9,16H,10H2,1-2H3,(H,19,21)/t16-/m1/s1. The van der Waals surface area contributed by atoms with E-state index in [1.54, 1.807) is 42.5 Å². The van der Waals surface area contributed by atoms with Crippen LogP contribution in [0.3, 0.4) is 0 Å². The number of fused-ring (bicyclic) bond motifs is 1. The van der Waals surface area contributed by atoms with Gasteiger partial charge in [0.1, 0.15) is 5.75 Å². The van der Waals surface area contributed by atoms with Crippen LogP contribution in [0.15, 0.2) is 42.5 Å². The Morgan fingerprint density at radius 2 is 2.00 bits per heavy atom. The van der Waals surface area contributed by atoms with Crippen LogP contribution in [0.5, 0.6) is 5.75 Å². The van der Waals surface area contributed by atoms with Crippen LogP contribution in [-0.2, 0) is 14.8 Å². The van der Waals surface area contributed by atoms with E-state index >= 15 is 0 Å². The lowest BCUT2D eigenvalue weighted by molar-refractivity contribution is -0.122. The number of nitrogens with zero attached hydrogens (tertiary/aromatic N) is 1. The van der Waals surface area contributed by atoms with E-state index in [0.29, 0.717) is 22.1 Å². The fraction of sp³-hybridized carbons (Fsp3) is 0.235. The molecule has 3 rings (SSSR count). The average Bonchev–Trinajstić information content (AvgIpc) is 2.55. The predicted molar refractivity (Wildman–Crippen MR) is 97.9 cm³/mol. The number of nitrogens with one attached hydrogen (secondary N) is 1. The van der Waals surface area contributed by atoms with E-state index in [1.807, 2.05) is 6.92 Å². The van der Waals surface area contributed by atoms with Gasteiger partial charge in [0.25, 0.3) is 5.91 Å². The molecule has 6 nitrogen and oxygen atoms in total. The summed E-state index contributed by atoms with van der Waals surface area (Å²) in [6.07, 6.45) is 0.120. The van der Waals surface area contributed by atoms with E-state index in [2.05, 4.69) is 5.32 Å². The zero-order valence-corrected chi connectivity index (χ0v) is 15.3. The van der Waals surface area contributed by atoms with Gasteiger partial charge in [0.2, 0.25) is 10.0 Å². The summed E-state index contributed by atoms with van der Waals surface area (Å²) in [7, 11) is -3.56. The Bertz CT molecular complexity index is 930. The molecule has 25 heavy (non-hydrogen) atoms. The summed E-state index contributed by atoms with van der Waals surface area (Å²) in [4.78, 5) is 12.6. The third kappa shape index (κ3) is 3.72. The van der Waals surface area contributed by atoms with E-state index in [-0.39, 0.29) is 6.54 Å². The van der Waals surface area contributed by atoms with E-state index < -0.39 is 22.0 Å². The number of carbonyl (C=O) groups is 1.